The first kappa shape index (κ1) is 29.8. The summed E-state index contributed by atoms with van der Waals surface area (Å²) in [6, 6.07) is 10.2. The summed E-state index contributed by atoms with van der Waals surface area (Å²) in [4.78, 5) is 26.2. The fourth-order valence-corrected chi connectivity index (χ4v) is 5.40. The highest BCUT2D eigenvalue weighted by Gasteiger charge is 2.50. The molecular formula is C27H30F6N4O3. The van der Waals surface area contributed by atoms with Crippen LogP contribution in [0.2, 0.25) is 0 Å². The van der Waals surface area contributed by atoms with Crippen molar-refractivity contribution in [1.82, 2.24) is 21.1 Å². The maximum atomic E-state index is 13.4. The smallest absolute Gasteiger partial charge is 0.372 e. The number of amides is 2. The van der Waals surface area contributed by atoms with Gasteiger partial charge in [0.05, 0.1) is 41.6 Å². The van der Waals surface area contributed by atoms with Gasteiger partial charge in [-0.1, -0.05) is 30.3 Å². The molecule has 3 N–H and O–H groups in total. The molecule has 218 valence electrons. The summed E-state index contributed by atoms with van der Waals surface area (Å²) < 4.78 is 86.4. The van der Waals surface area contributed by atoms with E-state index in [1.165, 1.54) is 13.8 Å². The lowest BCUT2D eigenvalue weighted by atomic mass is 9.74. The Balaban J connectivity index is 1.62. The molecule has 0 bridgehead atoms. The van der Waals surface area contributed by atoms with Gasteiger partial charge in [0.15, 0.2) is 0 Å². The van der Waals surface area contributed by atoms with Gasteiger partial charge in [-0.3, -0.25) is 10.2 Å². The van der Waals surface area contributed by atoms with E-state index >= 15 is 0 Å². The number of ketones is 1. The van der Waals surface area contributed by atoms with Crippen LogP contribution in [0.15, 0.2) is 48.5 Å². The Bertz CT molecular complexity index is 1190. The molecule has 0 unspecified atom stereocenters. The summed E-state index contributed by atoms with van der Waals surface area (Å²) in [6.45, 7) is 3.15. The molecule has 2 aromatic rings. The number of halogens is 6. The first-order valence-corrected chi connectivity index (χ1v) is 12.7. The predicted molar refractivity (Wildman–Crippen MR) is 133 cm³/mol. The molecular weight excluding hydrogens is 542 g/mol. The number of Topliss-reactive ketones (excluding diaryl/α,β-unsaturated/α-hetero) is 1. The highest BCUT2D eigenvalue weighted by Crippen LogP contribution is 2.41. The zero-order chi connectivity index (χ0) is 29.3. The van der Waals surface area contributed by atoms with Crippen LogP contribution in [0, 0.1) is 0 Å². The van der Waals surface area contributed by atoms with E-state index in [2.05, 4.69) is 16.2 Å². The van der Waals surface area contributed by atoms with Crippen molar-refractivity contribution >= 4 is 11.8 Å². The quantitative estimate of drug-likeness (QED) is 0.375. The van der Waals surface area contributed by atoms with Crippen LogP contribution < -0.4 is 16.2 Å². The number of ether oxygens (including phenoxy) is 1. The third-order valence-electron chi connectivity index (χ3n) is 7.59. The van der Waals surface area contributed by atoms with E-state index < -0.39 is 40.7 Å². The van der Waals surface area contributed by atoms with Crippen LogP contribution in [0.1, 0.15) is 61.5 Å². The van der Waals surface area contributed by atoms with Gasteiger partial charge in [-0.25, -0.2) is 10.2 Å². The van der Waals surface area contributed by atoms with Crippen molar-refractivity contribution < 1.29 is 40.7 Å². The number of nitrogens with zero attached hydrogens (tertiary/aromatic N) is 1. The first-order chi connectivity index (χ1) is 18.7. The number of nitrogens with one attached hydrogen (secondary N) is 3. The lowest BCUT2D eigenvalue weighted by Gasteiger charge is -2.50. The van der Waals surface area contributed by atoms with Gasteiger partial charge < -0.3 is 15.0 Å². The fourth-order valence-electron chi connectivity index (χ4n) is 5.40. The minimum Gasteiger partial charge on any atom is -0.372 e. The molecule has 2 aromatic carbocycles. The van der Waals surface area contributed by atoms with Crippen molar-refractivity contribution in [2.75, 3.05) is 19.8 Å². The normalized spacial score (nSPS) is 24.6. The summed E-state index contributed by atoms with van der Waals surface area (Å²) in [5, 5.41) is 3.43. The van der Waals surface area contributed by atoms with Crippen LogP contribution >= 0.6 is 0 Å². The van der Waals surface area contributed by atoms with E-state index in [0.717, 1.165) is 5.56 Å². The van der Waals surface area contributed by atoms with Gasteiger partial charge in [0.25, 0.3) is 0 Å². The average Bonchev–Trinajstić information content (AvgIpc) is 3.33. The van der Waals surface area contributed by atoms with E-state index in [-0.39, 0.29) is 49.7 Å². The zero-order valence-electron chi connectivity index (χ0n) is 21.9. The van der Waals surface area contributed by atoms with Gasteiger partial charge in [-0.15, -0.1) is 0 Å². The van der Waals surface area contributed by atoms with Crippen molar-refractivity contribution in [3.05, 3.63) is 70.8 Å². The summed E-state index contributed by atoms with van der Waals surface area (Å²) in [6.07, 6.45) is -10.2. The third kappa shape index (κ3) is 6.26. The second-order valence-electron chi connectivity index (χ2n) is 10.4. The number of piperidine rings is 1. The number of hydrogen-bond donors (Lipinski definition) is 3. The Morgan fingerprint density at radius 3 is 2.12 bits per heavy atom. The standard InChI is InChI=1S/C27H30F6N4O3/c1-17(38)13-24(37-16-35-36-23(37)39)8-9-25(34-14-24,20-6-4-3-5-7-20)15-40-18(2)19-10-21(26(28,29)30)12-22(11-19)27(31,32)33/h3-7,10-12,18,34-35H,8-9,13-16H2,1-2H3,(H,36,39)/t18-,24-,25-/m1/s1. The summed E-state index contributed by atoms with van der Waals surface area (Å²) >= 11 is 0. The van der Waals surface area contributed by atoms with Crippen LogP contribution in [-0.2, 0) is 27.4 Å². The van der Waals surface area contributed by atoms with Crippen molar-refractivity contribution in [2.45, 2.75) is 62.6 Å². The molecule has 0 aliphatic carbocycles. The predicted octanol–water partition coefficient (Wildman–Crippen LogP) is 5.29. The van der Waals surface area contributed by atoms with E-state index in [4.69, 9.17) is 4.74 Å². The molecule has 2 amide bonds. The van der Waals surface area contributed by atoms with Crippen molar-refractivity contribution in [3.63, 3.8) is 0 Å². The van der Waals surface area contributed by atoms with E-state index in [9.17, 15) is 35.9 Å². The number of urea groups is 1. The van der Waals surface area contributed by atoms with E-state index in [1.54, 1.807) is 17.0 Å². The minimum absolute atomic E-state index is 0.0857. The van der Waals surface area contributed by atoms with Crippen molar-refractivity contribution in [3.8, 4) is 0 Å². The molecule has 2 heterocycles. The molecule has 0 aromatic heterocycles. The Morgan fingerprint density at radius 1 is 1.02 bits per heavy atom. The molecule has 4 rings (SSSR count). The SMILES string of the molecule is CC(=O)C[C@]1(N2CNNC2=O)CC[C@@](CO[C@H](C)c2cc(C(F)(F)F)cc(C(F)(F)F)c2)(c2ccccc2)NC1. The molecule has 40 heavy (non-hydrogen) atoms. The largest absolute Gasteiger partial charge is 0.416 e. The molecule has 0 spiro atoms. The topological polar surface area (TPSA) is 82.7 Å². The van der Waals surface area contributed by atoms with Crippen molar-refractivity contribution in [2.24, 2.45) is 0 Å². The summed E-state index contributed by atoms with van der Waals surface area (Å²) in [5.41, 5.74) is 1.28. The van der Waals surface area contributed by atoms with Gasteiger partial charge in [-0.2, -0.15) is 26.3 Å². The number of hydrogen-bond acceptors (Lipinski definition) is 5. The molecule has 2 aliphatic heterocycles. The lowest BCUT2D eigenvalue weighted by Crippen LogP contribution is -2.65. The number of rotatable bonds is 8. The number of benzene rings is 2. The van der Waals surface area contributed by atoms with Gasteiger partial charge >= 0.3 is 18.4 Å². The van der Waals surface area contributed by atoms with E-state index in [0.29, 0.717) is 25.0 Å². The number of carbonyl (C=O) groups is 2. The Kier molecular flexibility index (Phi) is 8.21. The van der Waals surface area contributed by atoms with Crippen molar-refractivity contribution in [1.29, 1.82) is 0 Å². The van der Waals surface area contributed by atoms with Gasteiger partial charge in [0, 0.05) is 13.0 Å². The molecule has 0 saturated carbocycles. The Hall–Kier alpha value is -3.16. The fraction of sp³-hybridized carbons (Fsp3) is 0.481. The molecule has 2 fully saturated rings. The zero-order valence-corrected chi connectivity index (χ0v) is 21.9. The lowest BCUT2D eigenvalue weighted by molar-refractivity contribution is -0.143. The molecule has 0 radical (unpaired) electrons. The molecule has 13 heteroatoms. The second kappa shape index (κ2) is 11.0. The number of hydrazine groups is 1. The Morgan fingerprint density at radius 2 is 1.65 bits per heavy atom. The summed E-state index contributed by atoms with van der Waals surface area (Å²) in [5.74, 6) is -0.108. The van der Waals surface area contributed by atoms with Crippen LogP contribution in [0.3, 0.4) is 0 Å². The minimum atomic E-state index is -4.97. The summed E-state index contributed by atoms with van der Waals surface area (Å²) in [7, 11) is 0. The van der Waals surface area contributed by atoms with Gasteiger partial charge in [-0.05, 0) is 56.0 Å². The average molecular weight is 573 g/mol. The van der Waals surface area contributed by atoms with Crippen LogP contribution in [0.4, 0.5) is 31.1 Å². The molecule has 2 aliphatic rings. The number of alkyl halides is 6. The van der Waals surface area contributed by atoms with Crippen LogP contribution in [-0.4, -0.2) is 42.1 Å². The maximum Gasteiger partial charge on any atom is 0.416 e. The second-order valence-corrected chi connectivity index (χ2v) is 10.4. The van der Waals surface area contributed by atoms with Gasteiger partial charge in [0.2, 0.25) is 0 Å². The monoisotopic (exact) mass is 572 g/mol. The highest BCUT2D eigenvalue weighted by atomic mass is 19.4. The Labute approximate surface area is 227 Å². The van der Waals surface area contributed by atoms with Crippen LogP contribution in [0.5, 0.6) is 0 Å². The number of carbonyl (C=O) groups excluding carboxylic acids is 2. The third-order valence-corrected chi connectivity index (χ3v) is 7.59. The van der Waals surface area contributed by atoms with E-state index in [1.807, 2.05) is 18.2 Å². The molecule has 7 nitrogen and oxygen atoms in total. The van der Waals surface area contributed by atoms with Crippen LogP contribution in [0.25, 0.3) is 0 Å². The first-order valence-electron chi connectivity index (χ1n) is 12.7. The molecule has 2 saturated heterocycles. The highest BCUT2D eigenvalue weighted by molar-refractivity contribution is 5.80. The van der Waals surface area contributed by atoms with Gasteiger partial charge in [0.1, 0.15) is 5.78 Å². The maximum absolute atomic E-state index is 13.4. The molecule has 3 atom stereocenters.